The second-order valence-electron chi connectivity index (χ2n) is 5.08. The van der Waals surface area contributed by atoms with E-state index in [1.165, 1.54) is 6.20 Å². The van der Waals surface area contributed by atoms with Gasteiger partial charge in [0.2, 0.25) is 0 Å². The number of hydrazine groups is 1. The first kappa shape index (κ1) is 13.9. The zero-order chi connectivity index (χ0) is 13.8. The van der Waals surface area contributed by atoms with Crippen molar-refractivity contribution in [3.63, 3.8) is 0 Å². The Balaban J connectivity index is 1.94. The van der Waals surface area contributed by atoms with Crippen LogP contribution >= 0.6 is 0 Å². The molecule has 1 saturated heterocycles. The Kier molecular flexibility index (Phi) is 4.47. The zero-order valence-electron chi connectivity index (χ0n) is 11.0. The molecule has 2 unspecified atom stereocenters. The number of aliphatic hydroxyl groups is 1. The van der Waals surface area contributed by atoms with Gasteiger partial charge in [0, 0.05) is 25.8 Å². The molecular weight excluding hydrogens is 244 g/mol. The molecule has 1 aromatic heterocycles. The molecule has 4 N–H and O–H groups in total. The summed E-state index contributed by atoms with van der Waals surface area (Å²) in [6.07, 6.45) is 2.13. The summed E-state index contributed by atoms with van der Waals surface area (Å²) < 4.78 is 0. The number of hydrogen-bond acceptors (Lipinski definition) is 5. The summed E-state index contributed by atoms with van der Waals surface area (Å²) in [5.41, 5.74) is 3.44. The van der Waals surface area contributed by atoms with Gasteiger partial charge >= 0.3 is 0 Å². The van der Waals surface area contributed by atoms with Crippen LogP contribution in [0.5, 0.6) is 0 Å². The first-order valence-corrected chi connectivity index (χ1v) is 6.46. The number of nitrogens with zero attached hydrogens (tertiary/aromatic N) is 2. The molecule has 104 valence electrons. The fraction of sp³-hybridized carbons (Fsp3) is 0.538. The highest BCUT2D eigenvalue weighted by molar-refractivity contribution is 5.93. The Hall–Kier alpha value is -1.50. The van der Waals surface area contributed by atoms with Gasteiger partial charge in [-0.05, 0) is 24.5 Å². The van der Waals surface area contributed by atoms with Crippen LogP contribution < -0.4 is 11.3 Å². The lowest BCUT2D eigenvalue weighted by molar-refractivity contribution is 0.0315. The fourth-order valence-corrected chi connectivity index (χ4v) is 2.33. The largest absolute Gasteiger partial charge is 0.393 e. The van der Waals surface area contributed by atoms with Gasteiger partial charge in [-0.3, -0.25) is 20.1 Å². The van der Waals surface area contributed by atoms with Crippen molar-refractivity contribution in [2.45, 2.75) is 26.0 Å². The van der Waals surface area contributed by atoms with Gasteiger partial charge in [-0.2, -0.15) is 0 Å². The van der Waals surface area contributed by atoms with Crippen LogP contribution in [0.2, 0.25) is 0 Å². The number of aromatic nitrogens is 1. The lowest BCUT2D eigenvalue weighted by Gasteiger charge is -2.34. The Labute approximate surface area is 112 Å². The van der Waals surface area contributed by atoms with E-state index in [0.717, 1.165) is 31.7 Å². The van der Waals surface area contributed by atoms with Crippen molar-refractivity contribution in [1.82, 2.24) is 15.3 Å². The van der Waals surface area contributed by atoms with E-state index < -0.39 is 0 Å². The Bertz CT molecular complexity index is 435. The summed E-state index contributed by atoms with van der Waals surface area (Å²) in [7, 11) is 0. The first-order valence-electron chi connectivity index (χ1n) is 6.46. The van der Waals surface area contributed by atoms with Crippen LogP contribution in [0.3, 0.4) is 0 Å². The highest BCUT2D eigenvalue weighted by Gasteiger charge is 2.24. The minimum Gasteiger partial charge on any atom is -0.393 e. The average molecular weight is 264 g/mol. The Morgan fingerprint density at radius 2 is 2.42 bits per heavy atom. The third-order valence-electron chi connectivity index (χ3n) is 3.55. The summed E-state index contributed by atoms with van der Waals surface area (Å²) >= 11 is 0. The summed E-state index contributed by atoms with van der Waals surface area (Å²) in [5, 5.41) is 9.69. The summed E-state index contributed by atoms with van der Waals surface area (Å²) in [4.78, 5) is 17.8. The van der Waals surface area contributed by atoms with Crippen molar-refractivity contribution >= 4 is 5.91 Å². The van der Waals surface area contributed by atoms with E-state index in [2.05, 4.69) is 22.2 Å². The van der Waals surface area contributed by atoms with E-state index in [1.807, 2.05) is 6.07 Å². The van der Waals surface area contributed by atoms with Crippen molar-refractivity contribution in [2.24, 2.45) is 11.8 Å². The number of pyridine rings is 1. The fourth-order valence-electron chi connectivity index (χ4n) is 2.33. The van der Waals surface area contributed by atoms with Crippen LogP contribution in [0, 0.1) is 5.92 Å². The molecule has 0 bridgehead atoms. The topological polar surface area (TPSA) is 91.5 Å². The number of nitrogens with one attached hydrogen (secondary N) is 1. The molecule has 2 atom stereocenters. The van der Waals surface area contributed by atoms with Crippen LogP contribution in [0.4, 0.5) is 0 Å². The number of likely N-dealkylation sites (tertiary alicyclic amines) is 1. The maximum Gasteiger partial charge on any atom is 0.266 e. The maximum atomic E-state index is 11.3. The van der Waals surface area contributed by atoms with Crippen LogP contribution in [-0.4, -0.2) is 40.1 Å². The number of carbonyl (C=O) groups excluding carboxylic acids is 1. The van der Waals surface area contributed by atoms with Crippen LogP contribution in [0.15, 0.2) is 18.3 Å². The van der Waals surface area contributed by atoms with Gasteiger partial charge in [-0.25, -0.2) is 5.84 Å². The molecule has 19 heavy (non-hydrogen) atoms. The van der Waals surface area contributed by atoms with E-state index in [1.54, 1.807) is 6.07 Å². The normalized spacial score (nSPS) is 24.2. The molecule has 2 rings (SSSR count). The van der Waals surface area contributed by atoms with E-state index in [-0.39, 0.29) is 17.9 Å². The SMILES string of the molecule is CC1CN(Cc2ccc(C(=O)NN)cn2)CCC1O. The van der Waals surface area contributed by atoms with E-state index in [0.29, 0.717) is 5.56 Å². The molecule has 1 aromatic rings. The van der Waals surface area contributed by atoms with E-state index in [9.17, 15) is 9.90 Å². The third kappa shape index (κ3) is 3.50. The monoisotopic (exact) mass is 264 g/mol. The minimum atomic E-state index is -0.339. The molecule has 0 saturated carbocycles. The van der Waals surface area contributed by atoms with Gasteiger partial charge in [-0.1, -0.05) is 6.92 Å². The molecule has 0 aliphatic carbocycles. The van der Waals surface area contributed by atoms with Crippen molar-refractivity contribution in [1.29, 1.82) is 0 Å². The number of amides is 1. The molecule has 0 radical (unpaired) electrons. The second-order valence-corrected chi connectivity index (χ2v) is 5.08. The van der Waals surface area contributed by atoms with Gasteiger partial charge in [0.1, 0.15) is 0 Å². The standard InChI is InChI=1S/C13H20N4O2/c1-9-7-17(5-4-12(9)18)8-11-3-2-10(6-15-11)13(19)16-14/h2-3,6,9,12,18H,4-5,7-8,14H2,1H3,(H,16,19). The highest BCUT2D eigenvalue weighted by Crippen LogP contribution is 2.18. The quantitative estimate of drug-likeness (QED) is 0.402. The van der Waals surface area contributed by atoms with E-state index >= 15 is 0 Å². The number of nitrogens with two attached hydrogens (primary N) is 1. The van der Waals surface area contributed by atoms with Crippen LogP contribution in [-0.2, 0) is 6.54 Å². The predicted molar refractivity (Wildman–Crippen MR) is 71.0 cm³/mol. The smallest absolute Gasteiger partial charge is 0.266 e. The predicted octanol–water partition coefficient (Wildman–Crippen LogP) is -0.112. The molecule has 6 nitrogen and oxygen atoms in total. The van der Waals surface area contributed by atoms with Crippen LogP contribution in [0.1, 0.15) is 29.4 Å². The second kappa shape index (κ2) is 6.10. The molecule has 1 aliphatic heterocycles. The van der Waals surface area contributed by atoms with Crippen molar-refractivity contribution in [3.8, 4) is 0 Å². The zero-order valence-corrected chi connectivity index (χ0v) is 11.0. The first-order chi connectivity index (χ1) is 9.10. The molecule has 1 aliphatic rings. The molecule has 6 heteroatoms. The minimum absolute atomic E-state index is 0.195. The highest BCUT2D eigenvalue weighted by atomic mass is 16.3. The lowest BCUT2D eigenvalue weighted by Crippen LogP contribution is -2.41. The molecule has 0 aromatic carbocycles. The number of rotatable bonds is 3. The van der Waals surface area contributed by atoms with Crippen molar-refractivity contribution < 1.29 is 9.90 Å². The Morgan fingerprint density at radius 1 is 1.63 bits per heavy atom. The van der Waals surface area contributed by atoms with Gasteiger partial charge in [0.15, 0.2) is 0 Å². The number of piperidine rings is 1. The van der Waals surface area contributed by atoms with Gasteiger partial charge in [0.25, 0.3) is 5.91 Å². The maximum absolute atomic E-state index is 11.3. The number of carbonyl (C=O) groups is 1. The molecular formula is C13H20N4O2. The van der Waals surface area contributed by atoms with Gasteiger partial charge in [-0.15, -0.1) is 0 Å². The number of nitrogen functional groups attached to an aromatic ring is 1. The average Bonchev–Trinajstić information content (AvgIpc) is 2.43. The Morgan fingerprint density at radius 3 is 3.00 bits per heavy atom. The van der Waals surface area contributed by atoms with E-state index in [4.69, 9.17) is 5.84 Å². The van der Waals surface area contributed by atoms with Gasteiger partial charge < -0.3 is 5.11 Å². The number of hydrogen-bond donors (Lipinski definition) is 3. The van der Waals surface area contributed by atoms with Crippen molar-refractivity contribution in [2.75, 3.05) is 13.1 Å². The number of aliphatic hydroxyl groups excluding tert-OH is 1. The molecule has 0 spiro atoms. The van der Waals surface area contributed by atoms with Crippen molar-refractivity contribution in [3.05, 3.63) is 29.6 Å². The third-order valence-corrected chi connectivity index (χ3v) is 3.55. The molecule has 1 fully saturated rings. The molecule has 1 amide bonds. The lowest BCUT2D eigenvalue weighted by atomic mass is 9.97. The molecule has 2 heterocycles. The summed E-state index contributed by atoms with van der Waals surface area (Å²) in [6.45, 7) is 4.53. The summed E-state index contributed by atoms with van der Waals surface area (Å²) in [5.74, 6) is 5.01. The van der Waals surface area contributed by atoms with Gasteiger partial charge in [0.05, 0.1) is 17.4 Å². The van der Waals surface area contributed by atoms with Crippen LogP contribution in [0.25, 0.3) is 0 Å². The summed E-state index contributed by atoms with van der Waals surface area (Å²) in [6, 6.07) is 3.55.